The van der Waals surface area contributed by atoms with E-state index >= 15 is 0 Å². The Morgan fingerprint density at radius 1 is 1.03 bits per heavy atom. The van der Waals surface area contributed by atoms with Crippen LogP contribution in [0.5, 0.6) is 0 Å². The van der Waals surface area contributed by atoms with Crippen molar-refractivity contribution in [3.8, 4) is 0 Å². The Hall–Kier alpha value is -1.17. The van der Waals surface area contributed by atoms with Crippen LogP contribution >= 0.6 is 0 Å². The smallest absolute Gasteiger partial charge is 0.550 e. The SMILES string of the molecule is C[C@]12CC[C@]3(C1)[C@H](CC2=O)C[C@@H](OC(=O)c1ccccc1)[C@H]1[C@](C)(C(=O)[O-])CCC[C@@]13C.[Na+]. The number of carboxylic acids is 1. The molecule has 0 heterocycles. The Morgan fingerprint density at radius 2 is 1.73 bits per heavy atom. The van der Waals surface area contributed by atoms with Crippen LogP contribution in [0.15, 0.2) is 30.3 Å². The minimum Gasteiger partial charge on any atom is -0.550 e. The second-order valence-corrected chi connectivity index (χ2v) is 11.7. The first kappa shape index (κ1) is 24.9. The van der Waals surface area contributed by atoms with Gasteiger partial charge >= 0.3 is 35.5 Å². The minimum absolute atomic E-state index is 0. The molecule has 5 nitrogen and oxygen atoms in total. The van der Waals surface area contributed by atoms with Crippen molar-refractivity contribution in [2.75, 3.05) is 0 Å². The number of carbonyl (C=O) groups excluding carboxylic acids is 3. The van der Waals surface area contributed by atoms with Crippen molar-refractivity contribution in [1.82, 2.24) is 0 Å². The fraction of sp³-hybridized carbons (Fsp3) is 0.667. The average Bonchev–Trinajstić information content (AvgIpc) is 3.08. The van der Waals surface area contributed by atoms with Gasteiger partial charge in [-0.2, -0.15) is 0 Å². The molecule has 0 unspecified atom stereocenters. The predicted molar refractivity (Wildman–Crippen MR) is 116 cm³/mol. The van der Waals surface area contributed by atoms with E-state index < -0.39 is 23.5 Å². The van der Waals surface area contributed by atoms with Gasteiger partial charge < -0.3 is 14.6 Å². The maximum atomic E-state index is 13.1. The summed E-state index contributed by atoms with van der Waals surface area (Å²) in [5, 5.41) is 12.5. The summed E-state index contributed by atoms with van der Waals surface area (Å²) in [5.41, 5.74) is -1.29. The zero-order chi connectivity index (χ0) is 22.9. The third kappa shape index (κ3) is 3.40. The number of carbonyl (C=O) groups is 3. The summed E-state index contributed by atoms with van der Waals surface area (Å²) >= 11 is 0. The second-order valence-electron chi connectivity index (χ2n) is 11.7. The number of aliphatic carboxylic acids is 1. The summed E-state index contributed by atoms with van der Waals surface area (Å²) in [5.74, 6) is -1.34. The third-order valence-corrected chi connectivity index (χ3v) is 10.2. The molecule has 172 valence electrons. The molecule has 4 fully saturated rings. The van der Waals surface area contributed by atoms with Crippen LogP contribution in [-0.2, 0) is 14.3 Å². The summed E-state index contributed by atoms with van der Waals surface area (Å²) in [6, 6.07) is 8.87. The van der Waals surface area contributed by atoms with Crippen LogP contribution < -0.4 is 34.7 Å². The molecule has 4 aliphatic carbocycles. The van der Waals surface area contributed by atoms with E-state index in [2.05, 4.69) is 13.8 Å². The summed E-state index contributed by atoms with van der Waals surface area (Å²) in [6.07, 6.45) is 5.45. The quantitative estimate of drug-likeness (QED) is 0.496. The number of hydrogen-bond donors (Lipinski definition) is 0. The van der Waals surface area contributed by atoms with E-state index in [9.17, 15) is 19.5 Å². The van der Waals surface area contributed by atoms with Gasteiger partial charge in [0.05, 0.1) is 5.56 Å². The van der Waals surface area contributed by atoms with Gasteiger partial charge in [-0.05, 0) is 67.4 Å². The molecule has 7 atom stereocenters. The molecule has 0 amide bonds. The van der Waals surface area contributed by atoms with Gasteiger partial charge in [-0.15, -0.1) is 0 Å². The van der Waals surface area contributed by atoms with E-state index in [0.29, 0.717) is 30.6 Å². The first-order chi connectivity index (χ1) is 15.1. The van der Waals surface area contributed by atoms with Crippen LogP contribution in [0.2, 0.25) is 0 Å². The topological polar surface area (TPSA) is 83.5 Å². The molecule has 33 heavy (non-hydrogen) atoms. The molecule has 5 rings (SSSR count). The molecular weight excluding hydrogens is 427 g/mol. The summed E-state index contributed by atoms with van der Waals surface area (Å²) < 4.78 is 6.13. The fourth-order valence-corrected chi connectivity index (χ4v) is 8.64. The molecule has 2 bridgehead atoms. The number of carboxylic acid groups (broad SMARTS) is 1. The molecule has 0 aromatic heterocycles. The normalized spacial score (nSPS) is 43.6. The van der Waals surface area contributed by atoms with Gasteiger partial charge in [0.2, 0.25) is 0 Å². The van der Waals surface area contributed by atoms with Crippen LogP contribution in [0.1, 0.15) is 82.5 Å². The van der Waals surface area contributed by atoms with Gasteiger partial charge in [0.1, 0.15) is 11.9 Å². The fourth-order valence-electron chi connectivity index (χ4n) is 8.64. The van der Waals surface area contributed by atoms with Crippen molar-refractivity contribution < 1.29 is 53.8 Å². The monoisotopic (exact) mass is 460 g/mol. The van der Waals surface area contributed by atoms with Crippen molar-refractivity contribution in [3.05, 3.63) is 35.9 Å². The number of esters is 1. The van der Waals surface area contributed by atoms with Crippen LogP contribution in [0.4, 0.5) is 0 Å². The van der Waals surface area contributed by atoms with E-state index in [1.165, 1.54) is 0 Å². The van der Waals surface area contributed by atoms with Crippen molar-refractivity contribution in [3.63, 3.8) is 0 Å². The van der Waals surface area contributed by atoms with Crippen molar-refractivity contribution in [2.24, 2.45) is 33.5 Å². The molecule has 4 saturated carbocycles. The van der Waals surface area contributed by atoms with Gasteiger partial charge in [-0.3, -0.25) is 4.79 Å². The van der Waals surface area contributed by atoms with E-state index in [-0.39, 0.29) is 57.6 Å². The molecule has 1 spiro atoms. The molecule has 6 heteroatoms. The molecule has 4 aliphatic rings. The van der Waals surface area contributed by atoms with Gasteiger partial charge in [-0.25, -0.2) is 4.79 Å². The average molecular weight is 461 g/mol. The van der Waals surface area contributed by atoms with E-state index in [4.69, 9.17) is 4.74 Å². The zero-order valence-corrected chi connectivity index (χ0v) is 22.3. The third-order valence-electron chi connectivity index (χ3n) is 10.2. The zero-order valence-electron chi connectivity index (χ0n) is 20.3. The molecule has 0 N–H and O–H groups in total. The molecule has 0 radical (unpaired) electrons. The van der Waals surface area contributed by atoms with Crippen molar-refractivity contribution in [2.45, 2.75) is 78.2 Å². The Balaban J connectivity index is 0.00000259. The summed E-state index contributed by atoms with van der Waals surface area (Å²) in [7, 11) is 0. The largest absolute Gasteiger partial charge is 1.00 e. The van der Waals surface area contributed by atoms with Crippen LogP contribution in [0, 0.1) is 33.5 Å². The predicted octanol–water partition coefficient (Wildman–Crippen LogP) is 0.948. The van der Waals surface area contributed by atoms with Crippen LogP contribution in [-0.4, -0.2) is 23.8 Å². The van der Waals surface area contributed by atoms with Gasteiger partial charge in [0, 0.05) is 29.1 Å². The van der Waals surface area contributed by atoms with Crippen molar-refractivity contribution >= 4 is 17.7 Å². The number of benzene rings is 1. The molecule has 0 saturated heterocycles. The number of rotatable bonds is 3. The Morgan fingerprint density at radius 3 is 2.39 bits per heavy atom. The molecule has 1 aromatic rings. The summed E-state index contributed by atoms with van der Waals surface area (Å²) in [4.78, 5) is 38.7. The van der Waals surface area contributed by atoms with E-state index in [1.807, 2.05) is 6.07 Å². The maximum absolute atomic E-state index is 13.1. The van der Waals surface area contributed by atoms with Gasteiger partial charge in [-0.1, -0.05) is 45.4 Å². The minimum atomic E-state index is -1.06. The maximum Gasteiger partial charge on any atom is 1.00 e. The summed E-state index contributed by atoms with van der Waals surface area (Å²) in [6.45, 7) is 6.13. The number of Topliss-reactive ketones (excluding diaryl/α,β-unsaturated/α-hetero) is 1. The van der Waals surface area contributed by atoms with E-state index in [0.717, 1.165) is 32.1 Å². The molecule has 0 aliphatic heterocycles. The second kappa shape index (κ2) is 8.20. The standard InChI is InChI=1S/C27H34O5.Na/c1-24-12-13-27(16-24)18(15-20(24)28)14-19(32-22(29)17-8-5-4-6-9-17)21-25(2,23(30)31)10-7-11-26(21,27)3;/h4-6,8-9,18-19,21H,7,10-16H2,1-3H3,(H,30,31);/q;+1/p-1/t18-,19+,21-,24-,25+,26-,27-;/m0./s1. The van der Waals surface area contributed by atoms with E-state index in [1.54, 1.807) is 31.2 Å². The Labute approximate surface area is 218 Å². The number of ether oxygens (including phenoxy) is 1. The number of ketones is 1. The Bertz CT molecular complexity index is 978. The molecular formula is C27H33NaO5. The Kier molecular flexibility index (Phi) is 6.20. The van der Waals surface area contributed by atoms with Crippen molar-refractivity contribution in [1.29, 1.82) is 0 Å². The first-order valence-corrected chi connectivity index (χ1v) is 12.1. The van der Waals surface area contributed by atoms with Crippen LogP contribution in [0.25, 0.3) is 0 Å². The molecule has 1 aromatic carbocycles. The van der Waals surface area contributed by atoms with Gasteiger partial charge in [0.25, 0.3) is 0 Å². The number of hydrogen-bond acceptors (Lipinski definition) is 5. The number of fused-ring (bicyclic) bond motifs is 2. The first-order valence-electron chi connectivity index (χ1n) is 12.1. The van der Waals surface area contributed by atoms with Gasteiger partial charge in [0.15, 0.2) is 0 Å². The van der Waals surface area contributed by atoms with Crippen LogP contribution in [0.3, 0.4) is 0 Å².